The van der Waals surface area contributed by atoms with Gasteiger partial charge in [0.15, 0.2) is 0 Å². The Morgan fingerprint density at radius 1 is 1.69 bits per heavy atom. The van der Waals surface area contributed by atoms with Gasteiger partial charge < -0.3 is 15.4 Å². The molecule has 16 heavy (non-hydrogen) atoms. The van der Waals surface area contributed by atoms with E-state index in [-0.39, 0.29) is 0 Å². The van der Waals surface area contributed by atoms with E-state index in [1.165, 1.54) is 12.8 Å². The summed E-state index contributed by atoms with van der Waals surface area (Å²) in [6.45, 7) is 3.70. The molecule has 90 valence electrons. The standard InChI is InChI=1S/C11H20N4O/c1-16-6-5-15-9-11(8-13-15)14-10-3-2-4-12-7-10/h8-10,12,14H,2-7H2,1H3. The molecule has 1 aliphatic heterocycles. The van der Waals surface area contributed by atoms with Gasteiger partial charge in [0.05, 0.1) is 25.0 Å². The van der Waals surface area contributed by atoms with Gasteiger partial charge in [-0.1, -0.05) is 0 Å². The summed E-state index contributed by atoms with van der Waals surface area (Å²) in [6.07, 6.45) is 6.39. The maximum absolute atomic E-state index is 5.01. The van der Waals surface area contributed by atoms with Crippen LogP contribution in [0.15, 0.2) is 12.4 Å². The van der Waals surface area contributed by atoms with Gasteiger partial charge in [-0.05, 0) is 19.4 Å². The third-order valence-electron chi connectivity index (χ3n) is 2.83. The van der Waals surface area contributed by atoms with Gasteiger partial charge in [0, 0.05) is 25.9 Å². The van der Waals surface area contributed by atoms with Crippen LogP contribution in [0.3, 0.4) is 0 Å². The largest absolute Gasteiger partial charge is 0.383 e. The van der Waals surface area contributed by atoms with E-state index in [0.29, 0.717) is 12.6 Å². The third kappa shape index (κ3) is 3.21. The average molecular weight is 224 g/mol. The van der Waals surface area contributed by atoms with Gasteiger partial charge in [0.1, 0.15) is 0 Å². The second kappa shape index (κ2) is 5.86. The van der Waals surface area contributed by atoms with E-state index < -0.39 is 0 Å². The predicted octanol–water partition coefficient (Wildman–Crippen LogP) is 0.693. The second-order valence-electron chi connectivity index (χ2n) is 4.17. The zero-order valence-electron chi connectivity index (χ0n) is 9.78. The van der Waals surface area contributed by atoms with Crippen molar-refractivity contribution >= 4 is 5.69 Å². The summed E-state index contributed by atoms with van der Waals surface area (Å²) in [7, 11) is 1.70. The highest BCUT2D eigenvalue weighted by Crippen LogP contribution is 2.11. The van der Waals surface area contributed by atoms with Crippen LogP contribution in [0.25, 0.3) is 0 Å². The Hall–Kier alpha value is -1.07. The van der Waals surface area contributed by atoms with Crippen molar-refractivity contribution in [1.29, 1.82) is 0 Å². The fourth-order valence-corrected chi connectivity index (χ4v) is 1.96. The lowest BCUT2D eigenvalue weighted by atomic mass is 10.1. The fraction of sp³-hybridized carbons (Fsp3) is 0.727. The van der Waals surface area contributed by atoms with E-state index in [1.54, 1.807) is 7.11 Å². The van der Waals surface area contributed by atoms with E-state index in [2.05, 4.69) is 15.7 Å². The molecule has 2 N–H and O–H groups in total. The molecule has 0 aromatic carbocycles. The lowest BCUT2D eigenvalue weighted by molar-refractivity contribution is 0.183. The number of rotatable bonds is 5. The Bertz CT molecular complexity index is 307. The van der Waals surface area contributed by atoms with Crippen molar-refractivity contribution in [2.24, 2.45) is 0 Å². The molecule has 1 atom stereocenters. The van der Waals surface area contributed by atoms with Gasteiger partial charge in [-0.2, -0.15) is 5.10 Å². The molecule has 5 heteroatoms. The summed E-state index contributed by atoms with van der Waals surface area (Å²) in [6, 6.07) is 0.536. The summed E-state index contributed by atoms with van der Waals surface area (Å²) in [5.41, 5.74) is 1.10. The molecule has 1 aromatic rings. The molecular weight excluding hydrogens is 204 g/mol. The molecule has 0 spiro atoms. The Morgan fingerprint density at radius 2 is 2.62 bits per heavy atom. The van der Waals surface area contributed by atoms with E-state index in [4.69, 9.17) is 4.74 Å². The molecule has 1 fully saturated rings. The van der Waals surface area contributed by atoms with Crippen molar-refractivity contribution < 1.29 is 4.74 Å². The van der Waals surface area contributed by atoms with E-state index >= 15 is 0 Å². The van der Waals surface area contributed by atoms with E-state index in [0.717, 1.165) is 25.3 Å². The molecule has 1 aliphatic rings. The second-order valence-corrected chi connectivity index (χ2v) is 4.17. The van der Waals surface area contributed by atoms with Crippen molar-refractivity contribution in [2.45, 2.75) is 25.4 Å². The van der Waals surface area contributed by atoms with Crippen LogP contribution in [0.2, 0.25) is 0 Å². The minimum absolute atomic E-state index is 0.536. The van der Waals surface area contributed by atoms with Crippen LogP contribution in [0.4, 0.5) is 5.69 Å². The normalized spacial score (nSPS) is 20.9. The van der Waals surface area contributed by atoms with Gasteiger partial charge in [0.25, 0.3) is 0 Å². The quantitative estimate of drug-likeness (QED) is 0.773. The molecule has 0 radical (unpaired) electrons. The molecule has 0 aliphatic carbocycles. The van der Waals surface area contributed by atoms with Crippen LogP contribution >= 0.6 is 0 Å². The molecule has 0 bridgehead atoms. The number of aromatic nitrogens is 2. The number of hydrogen-bond donors (Lipinski definition) is 2. The Morgan fingerprint density at radius 3 is 3.38 bits per heavy atom. The van der Waals surface area contributed by atoms with Crippen LogP contribution in [0, 0.1) is 0 Å². The number of nitrogens with zero attached hydrogens (tertiary/aromatic N) is 2. The first-order chi connectivity index (χ1) is 7.88. The Labute approximate surface area is 96.2 Å². The van der Waals surface area contributed by atoms with Crippen LogP contribution < -0.4 is 10.6 Å². The predicted molar refractivity (Wildman–Crippen MR) is 63.6 cm³/mol. The number of hydrogen-bond acceptors (Lipinski definition) is 4. The minimum atomic E-state index is 0.536. The molecule has 1 aromatic heterocycles. The summed E-state index contributed by atoms with van der Waals surface area (Å²) >= 11 is 0. The highest BCUT2D eigenvalue weighted by atomic mass is 16.5. The third-order valence-corrected chi connectivity index (χ3v) is 2.83. The summed E-state index contributed by atoms with van der Waals surface area (Å²) in [4.78, 5) is 0. The van der Waals surface area contributed by atoms with Gasteiger partial charge in [-0.15, -0.1) is 0 Å². The topological polar surface area (TPSA) is 51.1 Å². The lowest BCUT2D eigenvalue weighted by Crippen LogP contribution is -2.38. The molecule has 2 heterocycles. The summed E-state index contributed by atoms with van der Waals surface area (Å²) < 4.78 is 6.92. The minimum Gasteiger partial charge on any atom is -0.383 e. The van der Waals surface area contributed by atoms with Gasteiger partial charge >= 0.3 is 0 Å². The first kappa shape index (κ1) is 11.4. The summed E-state index contributed by atoms with van der Waals surface area (Å²) in [5.74, 6) is 0. The Kier molecular flexibility index (Phi) is 4.18. The monoisotopic (exact) mass is 224 g/mol. The lowest BCUT2D eigenvalue weighted by Gasteiger charge is -2.23. The van der Waals surface area contributed by atoms with Gasteiger partial charge in [-0.25, -0.2) is 0 Å². The van der Waals surface area contributed by atoms with E-state index in [1.807, 2.05) is 17.1 Å². The number of ether oxygens (including phenoxy) is 1. The average Bonchev–Trinajstić information content (AvgIpc) is 2.75. The molecule has 2 rings (SSSR count). The van der Waals surface area contributed by atoms with Crippen LogP contribution in [-0.2, 0) is 11.3 Å². The van der Waals surface area contributed by atoms with Gasteiger partial charge in [0.2, 0.25) is 0 Å². The molecule has 1 saturated heterocycles. The molecule has 5 nitrogen and oxygen atoms in total. The van der Waals surface area contributed by atoms with Crippen LogP contribution in [-0.4, -0.2) is 42.6 Å². The number of methoxy groups -OCH3 is 1. The van der Waals surface area contributed by atoms with Crippen molar-refractivity contribution in [3.8, 4) is 0 Å². The van der Waals surface area contributed by atoms with Crippen molar-refractivity contribution in [2.75, 3.05) is 32.1 Å². The fourth-order valence-electron chi connectivity index (χ4n) is 1.96. The highest BCUT2D eigenvalue weighted by Gasteiger charge is 2.12. The van der Waals surface area contributed by atoms with Crippen LogP contribution in [0.1, 0.15) is 12.8 Å². The molecule has 1 unspecified atom stereocenters. The number of nitrogens with one attached hydrogen (secondary N) is 2. The maximum atomic E-state index is 5.01. The maximum Gasteiger partial charge on any atom is 0.0729 e. The van der Waals surface area contributed by atoms with Gasteiger partial charge in [-0.3, -0.25) is 4.68 Å². The van der Waals surface area contributed by atoms with Crippen molar-refractivity contribution in [3.63, 3.8) is 0 Å². The molecule has 0 amide bonds. The van der Waals surface area contributed by atoms with Crippen LogP contribution in [0.5, 0.6) is 0 Å². The van der Waals surface area contributed by atoms with Crippen molar-refractivity contribution in [1.82, 2.24) is 15.1 Å². The first-order valence-electron chi connectivity index (χ1n) is 5.87. The first-order valence-corrected chi connectivity index (χ1v) is 5.87. The Balaban J connectivity index is 1.81. The summed E-state index contributed by atoms with van der Waals surface area (Å²) in [5, 5.41) is 11.2. The molecular formula is C11H20N4O. The molecule has 0 saturated carbocycles. The van der Waals surface area contributed by atoms with E-state index in [9.17, 15) is 0 Å². The zero-order valence-corrected chi connectivity index (χ0v) is 9.78. The highest BCUT2D eigenvalue weighted by molar-refractivity contribution is 5.39. The van der Waals surface area contributed by atoms with Crippen molar-refractivity contribution in [3.05, 3.63) is 12.4 Å². The SMILES string of the molecule is COCCn1cc(NC2CCCNC2)cn1. The number of anilines is 1. The smallest absolute Gasteiger partial charge is 0.0729 e. The zero-order chi connectivity index (χ0) is 11.2. The number of piperidine rings is 1.